The Morgan fingerprint density at radius 3 is 2.78 bits per heavy atom. The van der Waals surface area contributed by atoms with Crippen LogP contribution in [0.15, 0.2) is 21.9 Å². The third kappa shape index (κ3) is 3.80. The normalized spacial score (nSPS) is 23.6. The van der Waals surface area contributed by atoms with Gasteiger partial charge in [-0.15, -0.1) is 21.5 Å². The summed E-state index contributed by atoms with van der Waals surface area (Å²) in [5.41, 5.74) is 0. The molecular formula is C16H22N4O2S. The molecule has 1 atom stereocenters. The van der Waals surface area contributed by atoms with Crippen molar-refractivity contribution < 1.29 is 9.15 Å². The summed E-state index contributed by atoms with van der Waals surface area (Å²) in [7, 11) is 0. The number of ether oxygens (including phenoxy) is 1. The Balaban J connectivity index is 1.26. The lowest BCUT2D eigenvalue weighted by molar-refractivity contribution is 0.0472. The van der Waals surface area contributed by atoms with E-state index in [0.29, 0.717) is 17.9 Å². The van der Waals surface area contributed by atoms with E-state index < -0.39 is 0 Å². The Morgan fingerprint density at radius 1 is 1.17 bits per heavy atom. The van der Waals surface area contributed by atoms with Crippen LogP contribution in [0.25, 0.3) is 10.8 Å². The average Bonchev–Trinajstić information content (AvgIpc) is 3.31. The maximum Gasteiger partial charge on any atom is 0.257 e. The van der Waals surface area contributed by atoms with Crippen molar-refractivity contribution in [3.8, 4) is 10.8 Å². The van der Waals surface area contributed by atoms with Crippen LogP contribution in [-0.4, -0.2) is 65.4 Å². The summed E-state index contributed by atoms with van der Waals surface area (Å²) in [5.74, 6) is 1.34. The molecule has 2 aliphatic rings. The molecular weight excluding hydrogens is 312 g/mol. The Morgan fingerprint density at radius 2 is 2.04 bits per heavy atom. The molecule has 0 saturated carbocycles. The molecule has 0 radical (unpaired) electrons. The number of rotatable bonds is 5. The van der Waals surface area contributed by atoms with Gasteiger partial charge in [-0.2, -0.15) is 0 Å². The molecule has 124 valence electrons. The van der Waals surface area contributed by atoms with E-state index >= 15 is 0 Å². The summed E-state index contributed by atoms with van der Waals surface area (Å²) >= 11 is 1.62. The molecule has 2 aromatic rings. The highest BCUT2D eigenvalue weighted by Crippen LogP contribution is 2.23. The topological polar surface area (TPSA) is 54.6 Å². The van der Waals surface area contributed by atoms with Gasteiger partial charge in [0.25, 0.3) is 5.89 Å². The molecule has 2 aliphatic heterocycles. The van der Waals surface area contributed by atoms with Crippen molar-refractivity contribution in [2.24, 2.45) is 0 Å². The standard InChI is InChI=1S/C16H22N4O2S/c1-3-13(21-9-1)11-19-5-7-20(8-6-19)12-15-17-18-16(22-15)14-4-2-10-23-14/h2,4,10,13H,1,3,5-9,11-12H2. The Bertz CT molecular complexity index is 601. The van der Waals surface area contributed by atoms with E-state index in [0.717, 1.165) is 50.8 Å². The highest BCUT2D eigenvalue weighted by atomic mass is 32.1. The summed E-state index contributed by atoms with van der Waals surface area (Å²) in [6.45, 7) is 7.03. The van der Waals surface area contributed by atoms with E-state index in [1.165, 1.54) is 12.8 Å². The first kappa shape index (κ1) is 15.3. The first-order chi connectivity index (χ1) is 11.4. The first-order valence-corrected chi connectivity index (χ1v) is 9.17. The second-order valence-electron chi connectivity index (χ2n) is 6.19. The van der Waals surface area contributed by atoms with E-state index in [1.54, 1.807) is 11.3 Å². The number of hydrogen-bond donors (Lipinski definition) is 0. The number of hydrogen-bond acceptors (Lipinski definition) is 7. The van der Waals surface area contributed by atoms with Crippen LogP contribution in [0, 0.1) is 0 Å². The summed E-state index contributed by atoms with van der Waals surface area (Å²) in [6.07, 6.45) is 2.88. The maximum atomic E-state index is 5.78. The zero-order valence-corrected chi connectivity index (χ0v) is 14.0. The quantitative estimate of drug-likeness (QED) is 0.835. The van der Waals surface area contributed by atoms with Crippen LogP contribution in [0.5, 0.6) is 0 Å². The molecule has 2 aromatic heterocycles. The molecule has 0 aliphatic carbocycles. The van der Waals surface area contributed by atoms with Crippen molar-refractivity contribution in [3.05, 3.63) is 23.4 Å². The number of aromatic nitrogens is 2. The fourth-order valence-electron chi connectivity index (χ4n) is 3.21. The van der Waals surface area contributed by atoms with Gasteiger partial charge in [-0.25, -0.2) is 0 Å². The van der Waals surface area contributed by atoms with E-state index in [2.05, 4.69) is 20.0 Å². The third-order valence-corrected chi connectivity index (χ3v) is 5.37. The Hall–Kier alpha value is -1.28. The molecule has 1 unspecified atom stereocenters. The molecule has 7 heteroatoms. The van der Waals surface area contributed by atoms with Gasteiger partial charge in [0.05, 0.1) is 17.5 Å². The monoisotopic (exact) mass is 334 g/mol. The van der Waals surface area contributed by atoms with Crippen LogP contribution >= 0.6 is 11.3 Å². The van der Waals surface area contributed by atoms with Crippen molar-refractivity contribution in [1.82, 2.24) is 20.0 Å². The molecule has 0 N–H and O–H groups in total. The second-order valence-corrected chi connectivity index (χ2v) is 7.14. The van der Waals surface area contributed by atoms with Crippen molar-refractivity contribution in [2.45, 2.75) is 25.5 Å². The summed E-state index contributed by atoms with van der Waals surface area (Å²) in [4.78, 5) is 5.93. The predicted octanol–water partition coefficient (Wildman–Crippen LogP) is 2.09. The minimum atomic E-state index is 0.450. The van der Waals surface area contributed by atoms with Crippen LogP contribution in [0.1, 0.15) is 18.7 Å². The number of piperazine rings is 1. The summed E-state index contributed by atoms with van der Waals surface area (Å²) < 4.78 is 11.5. The van der Waals surface area contributed by atoms with Crippen LogP contribution in [0.4, 0.5) is 0 Å². The first-order valence-electron chi connectivity index (χ1n) is 8.29. The molecule has 4 rings (SSSR count). The molecule has 23 heavy (non-hydrogen) atoms. The van der Waals surface area contributed by atoms with E-state index in [1.807, 2.05) is 17.5 Å². The zero-order chi connectivity index (χ0) is 15.5. The lowest BCUT2D eigenvalue weighted by Crippen LogP contribution is -2.48. The fourth-order valence-corrected chi connectivity index (χ4v) is 3.86. The van der Waals surface area contributed by atoms with Gasteiger partial charge >= 0.3 is 0 Å². The highest BCUT2D eigenvalue weighted by Gasteiger charge is 2.23. The molecule has 0 aromatic carbocycles. The van der Waals surface area contributed by atoms with Crippen LogP contribution in [-0.2, 0) is 11.3 Å². The van der Waals surface area contributed by atoms with Crippen molar-refractivity contribution in [3.63, 3.8) is 0 Å². The second kappa shape index (κ2) is 7.09. The molecule has 6 nitrogen and oxygen atoms in total. The van der Waals surface area contributed by atoms with E-state index in [-0.39, 0.29) is 0 Å². The smallest absolute Gasteiger partial charge is 0.257 e. The van der Waals surface area contributed by atoms with E-state index in [4.69, 9.17) is 9.15 Å². The predicted molar refractivity (Wildman–Crippen MR) is 88.3 cm³/mol. The van der Waals surface area contributed by atoms with Gasteiger partial charge in [-0.1, -0.05) is 6.07 Å². The van der Waals surface area contributed by atoms with Crippen molar-refractivity contribution >= 4 is 11.3 Å². The van der Waals surface area contributed by atoms with E-state index in [9.17, 15) is 0 Å². The zero-order valence-electron chi connectivity index (χ0n) is 13.2. The van der Waals surface area contributed by atoms with Gasteiger partial charge in [-0.3, -0.25) is 9.80 Å². The van der Waals surface area contributed by atoms with Gasteiger partial charge in [-0.05, 0) is 24.3 Å². The maximum absolute atomic E-state index is 5.78. The van der Waals surface area contributed by atoms with Gasteiger partial charge in [0.1, 0.15) is 0 Å². The molecule has 2 fully saturated rings. The van der Waals surface area contributed by atoms with Crippen LogP contribution in [0.3, 0.4) is 0 Å². The summed E-state index contributed by atoms with van der Waals surface area (Å²) in [6, 6.07) is 4.00. The van der Waals surface area contributed by atoms with Crippen LogP contribution in [0.2, 0.25) is 0 Å². The molecule has 0 amide bonds. The largest absolute Gasteiger partial charge is 0.419 e. The molecule has 4 heterocycles. The SMILES string of the molecule is c1csc(-c2nnc(CN3CCN(CC4CCCO4)CC3)o2)c1. The van der Waals surface area contributed by atoms with Gasteiger partial charge < -0.3 is 9.15 Å². The molecule has 0 bridgehead atoms. The molecule has 0 spiro atoms. The number of nitrogens with zero attached hydrogens (tertiary/aromatic N) is 4. The Labute approximate surface area is 140 Å². The Kier molecular flexibility index (Phi) is 4.70. The molecule has 2 saturated heterocycles. The van der Waals surface area contributed by atoms with Crippen molar-refractivity contribution in [2.75, 3.05) is 39.3 Å². The van der Waals surface area contributed by atoms with Crippen molar-refractivity contribution in [1.29, 1.82) is 0 Å². The lowest BCUT2D eigenvalue weighted by Gasteiger charge is -2.34. The number of thiophene rings is 1. The van der Waals surface area contributed by atoms with Crippen LogP contribution < -0.4 is 0 Å². The minimum Gasteiger partial charge on any atom is -0.419 e. The lowest BCUT2D eigenvalue weighted by atomic mass is 10.2. The third-order valence-electron chi connectivity index (χ3n) is 4.51. The fraction of sp³-hybridized carbons (Fsp3) is 0.625. The average molecular weight is 334 g/mol. The van der Waals surface area contributed by atoms with Gasteiger partial charge in [0.15, 0.2) is 0 Å². The minimum absolute atomic E-state index is 0.450. The van der Waals surface area contributed by atoms with Gasteiger partial charge in [0.2, 0.25) is 5.89 Å². The highest BCUT2D eigenvalue weighted by molar-refractivity contribution is 7.13. The summed E-state index contributed by atoms with van der Waals surface area (Å²) in [5, 5.41) is 10.4. The van der Waals surface area contributed by atoms with Gasteiger partial charge in [0, 0.05) is 39.3 Å².